The van der Waals surface area contributed by atoms with Gasteiger partial charge in [-0.1, -0.05) is 29.8 Å². The Morgan fingerprint density at radius 1 is 1.46 bits per heavy atom. The molecule has 0 atom stereocenters. The number of hydrogen-bond acceptors (Lipinski definition) is 2. The molecular weight excluding hydrogens is 166 g/mol. The van der Waals surface area contributed by atoms with Crippen molar-refractivity contribution in [1.29, 1.82) is 0 Å². The first kappa shape index (κ1) is 9.25. The maximum atomic E-state index is 10.2. The predicted molar refractivity (Wildman–Crippen MR) is 51.5 cm³/mol. The van der Waals surface area contributed by atoms with Crippen molar-refractivity contribution in [3.63, 3.8) is 0 Å². The first-order chi connectivity index (χ1) is 6.18. The van der Waals surface area contributed by atoms with E-state index in [-0.39, 0.29) is 0 Å². The van der Waals surface area contributed by atoms with Gasteiger partial charge in [0.25, 0.3) is 0 Å². The van der Waals surface area contributed by atoms with E-state index < -0.39 is 6.03 Å². The fourth-order valence-electron chi connectivity index (χ4n) is 0.823. The summed E-state index contributed by atoms with van der Waals surface area (Å²) in [5, 5.41) is 3.62. The molecule has 1 aromatic carbocycles. The molecule has 0 unspecified atom stereocenters. The van der Waals surface area contributed by atoms with Crippen LogP contribution in [0.2, 0.25) is 0 Å². The van der Waals surface area contributed by atoms with Crippen molar-refractivity contribution < 1.29 is 4.79 Å². The number of nitrogens with one attached hydrogen (secondary N) is 1. The SMILES string of the molecule is Cc1ccc(C=NNC(N)=O)cc1. The molecule has 0 spiro atoms. The molecule has 0 bridgehead atoms. The standard InChI is InChI=1S/C9H11N3O/c1-7-2-4-8(5-3-7)6-11-12-9(10)13/h2-6H,1H3,(H3,10,12,13). The number of aryl methyl sites for hydroxylation is 1. The molecule has 68 valence electrons. The van der Waals surface area contributed by atoms with E-state index in [1.165, 1.54) is 11.8 Å². The zero-order chi connectivity index (χ0) is 9.68. The molecule has 0 aliphatic rings. The first-order valence-corrected chi connectivity index (χ1v) is 3.83. The fourth-order valence-corrected chi connectivity index (χ4v) is 0.823. The molecule has 4 nitrogen and oxygen atoms in total. The van der Waals surface area contributed by atoms with E-state index >= 15 is 0 Å². The first-order valence-electron chi connectivity index (χ1n) is 3.83. The van der Waals surface area contributed by atoms with Crippen LogP contribution in [0.25, 0.3) is 0 Å². The fraction of sp³-hybridized carbons (Fsp3) is 0.111. The largest absolute Gasteiger partial charge is 0.350 e. The molecule has 0 aliphatic heterocycles. The van der Waals surface area contributed by atoms with Gasteiger partial charge in [0.15, 0.2) is 0 Å². The number of primary amides is 1. The summed E-state index contributed by atoms with van der Waals surface area (Å²) >= 11 is 0. The number of nitrogens with zero attached hydrogens (tertiary/aromatic N) is 1. The number of benzene rings is 1. The van der Waals surface area contributed by atoms with Gasteiger partial charge in [0, 0.05) is 0 Å². The molecule has 0 heterocycles. The second-order valence-electron chi connectivity index (χ2n) is 2.64. The van der Waals surface area contributed by atoms with E-state index in [0.29, 0.717) is 0 Å². The van der Waals surface area contributed by atoms with Crippen LogP contribution in [0.3, 0.4) is 0 Å². The van der Waals surface area contributed by atoms with Crippen LogP contribution in [0.15, 0.2) is 29.4 Å². The summed E-state index contributed by atoms with van der Waals surface area (Å²) in [6.45, 7) is 2.00. The van der Waals surface area contributed by atoms with E-state index in [9.17, 15) is 4.79 Å². The quantitative estimate of drug-likeness (QED) is 0.513. The van der Waals surface area contributed by atoms with Gasteiger partial charge in [-0.25, -0.2) is 10.2 Å². The molecule has 0 aliphatic carbocycles. The highest BCUT2D eigenvalue weighted by Crippen LogP contribution is 1.99. The monoisotopic (exact) mass is 177 g/mol. The number of hydrazone groups is 1. The second kappa shape index (κ2) is 4.25. The summed E-state index contributed by atoms with van der Waals surface area (Å²) in [5.74, 6) is 0. The lowest BCUT2D eigenvalue weighted by molar-refractivity contribution is 0.249. The summed E-state index contributed by atoms with van der Waals surface area (Å²) in [4.78, 5) is 10.2. The Labute approximate surface area is 76.4 Å². The predicted octanol–water partition coefficient (Wildman–Crippen LogP) is 0.997. The highest BCUT2D eigenvalue weighted by atomic mass is 16.2. The molecule has 0 aromatic heterocycles. The van der Waals surface area contributed by atoms with Gasteiger partial charge in [-0.05, 0) is 12.5 Å². The molecule has 13 heavy (non-hydrogen) atoms. The Balaban J connectivity index is 2.59. The van der Waals surface area contributed by atoms with Crippen molar-refractivity contribution in [3.05, 3.63) is 35.4 Å². The van der Waals surface area contributed by atoms with Crippen molar-refractivity contribution in [3.8, 4) is 0 Å². The molecule has 0 saturated carbocycles. The summed E-state index contributed by atoms with van der Waals surface area (Å²) in [7, 11) is 0. The lowest BCUT2D eigenvalue weighted by Crippen LogP contribution is -2.24. The molecule has 2 amide bonds. The maximum absolute atomic E-state index is 10.2. The maximum Gasteiger partial charge on any atom is 0.332 e. The van der Waals surface area contributed by atoms with Gasteiger partial charge in [-0.15, -0.1) is 0 Å². The number of amides is 2. The Morgan fingerprint density at radius 2 is 2.08 bits per heavy atom. The third-order valence-corrected chi connectivity index (χ3v) is 1.47. The number of nitrogens with two attached hydrogens (primary N) is 1. The van der Waals surface area contributed by atoms with Crippen LogP contribution in [-0.2, 0) is 0 Å². The highest BCUT2D eigenvalue weighted by Gasteiger charge is 1.87. The van der Waals surface area contributed by atoms with Gasteiger partial charge in [0.2, 0.25) is 0 Å². The van der Waals surface area contributed by atoms with E-state index in [2.05, 4.69) is 10.5 Å². The molecule has 1 rings (SSSR count). The van der Waals surface area contributed by atoms with Crippen LogP contribution in [0.5, 0.6) is 0 Å². The Kier molecular flexibility index (Phi) is 3.03. The summed E-state index contributed by atoms with van der Waals surface area (Å²) in [6, 6.07) is 7.07. The van der Waals surface area contributed by atoms with Crippen LogP contribution >= 0.6 is 0 Å². The van der Waals surface area contributed by atoms with Gasteiger partial charge >= 0.3 is 6.03 Å². The minimum Gasteiger partial charge on any atom is -0.350 e. The van der Waals surface area contributed by atoms with Crippen molar-refractivity contribution in [2.45, 2.75) is 6.92 Å². The highest BCUT2D eigenvalue weighted by molar-refractivity contribution is 5.81. The van der Waals surface area contributed by atoms with Crippen LogP contribution in [0, 0.1) is 6.92 Å². The average molecular weight is 177 g/mol. The van der Waals surface area contributed by atoms with Crippen LogP contribution < -0.4 is 11.2 Å². The lowest BCUT2D eigenvalue weighted by Gasteiger charge is -1.94. The second-order valence-corrected chi connectivity index (χ2v) is 2.64. The average Bonchev–Trinajstić information content (AvgIpc) is 2.08. The molecule has 0 fully saturated rings. The van der Waals surface area contributed by atoms with Crippen molar-refractivity contribution in [2.75, 3.05) is 0 Å². The number of hydrogen-bond donors (Lipinski definition) is 2. The lowest BCUT2D eigenvalue weighted by atomic mass is 10.2. The molecule has 0 radical (unpaired) electrons. The van der Waals surface area contributed by atoms with Crippen LogP contribution in [-0.4, -0.2) is 12.2 Å². The number of carbonyl (C=O) groups is 1. The van der Waals surface area contributed by atoms with Gasteiger partial charge in [-0.3, -0.25) is 0 Å². The number of urea groups is 1. The van der Waals surface area contributed by atoms with Crippen molar-refractivity contribution >= 4 is 12.2 Å². The van der Waals surface area contributed by atoms with Gasteiger partial charge in [0.05, 0.1) is 6.21 Å². The van der Waals surface area contributed by atoms with E-state index in [1.54, 1.807) is 0 Å². The Bertz CT molecular complexity index is 316. The number of carbonyl (C=O) groups excluding carboxylic acids is 1. The van der Waals surface area contributed by atoms with E-state index in [1.807, 2.05) is 31.2 Å². The van der Waals surface area contributed by atoms with Crippen molar-refractivity contribution in [1.82, 2.24) is 5.43 Å². The van der Waals surface area contributed by atoms with Gasteiger partial charge in [0.1, 0.15) is 0 Å². The Morgan fingerprint density at radius 3 is 2.62 bits per heavy atom. The van der Waals surface area contributed by atoms with Crippen LogP contribution in [0.1, 0.15) is 11.1 Å². The molecule has 0 saturated heterocycles. The summed E-state index contributed by atoms with van der Waals surface area (Å²) in [6.07, 6.45) is 1.53. The zero-order valence-corrected chi connectivity index (χ0v) is 7.32. The third kappa shape index (κ3) is 3.37. The zero-order valence-electron chi connectivity index (χ0n) is 7.32. The van der Waals surface area contributed by atoms with Crippen LogP contribution in [0.4, 0.5) is 4.79 Å². The molecule has 1 aromatic rings. The molecular formula is C9H11N3O. The Hall–Kier alpha value is -1.84. The molecule has 4 heteroatoms. The smallest absolute Gasteiger partial charge is 0.332 e. The molecule has 3 N–H and O–H groups in total. The van der Waals surface area contributed by atoms with Gasteiger partial charge in [-0.2, -0.15) is 5.10 Å². The van der Waals surface area contributed by atoms with Crippen molar-refractivity contribution in [2.24, 2.45) is 10.8 Å². The normalized spacial score (nSPS) is 10.2. The summed E-state index contributed by atoms with van der Waals surface area (Å²) < 4.78 is 0. The topological polar surface area (TPSA) is 67.5 Å². The van der Waals surface area contributed by atoms with E-state index in [0.717, 1.165) is 5.56 Å². The third-order valence-electron chi connectivity index (χ3n) is 1.47. The minimum absolute atomic E-state index is 0.664. The van der Waals surface area contributed by atoms with E-state index in [4.69, 9.17) is 5.73 Å². The summed E-state index contributed by atoms with van der Waals surface area (Å²) in [5.41, 5.74) is 9.03. The van der Waals surface area contributed by atoms with Gasteiger partial charge < -0.3 is 5.73 Å². The minimum atomic E-state index is -0.664. The number of rotatable bonds is 2.